The third kappa shape index (κ3) is 2.25. The molecule has 0 atom stereocenters. The maximum Gasteiger partial charge on any atom is 0.343 e. The van der Waals surface area contributed by atoms with E-state index in [9.17, 15) is 18.4 Å². The average molecular weight is 332 g/mol. The second-order valence-electron chi connectivity index (χ2n) is 3.66. The van der Waals surface area contributed by atoms with Crippen molar-refractivity contribution in [2.75, 3.05) is 6.61 Å². The van der Waals surface area contributed by atoms with Crippen molar-refractivity contribution in [3.8, 4) is 0 Å². The predicted octanol–water partition coefficient (Wildman–Crippen LogP) is 2.75. The van der Waals surface area contributed by atoms with Gasteiger partial charge in [0, 0.05) is 6.20 Å². The second-order valence-corrected chi connectivity index (χ2v) is 4.45. The number of hydrogen-bond donors (Lipinski definition) is 1. The van der Waals surface area contributed by atoms with Crippen LogP contribution in [0, 0.1) is 11.6 Å². The summed E-state index contributed by atoms with van der Waals surface area (Å²) in [4.78, 5) is 26.0. The Kier molecular flexibility index (Phi) is 3.66. The summed E-state index contributed by atoms with van der Waals surface area (Å²) in [5.74, 6) is -2.69. The van der Waals surface area contributed by atoms with Crippen molar-refractivity contribution in [2.24, 2.45) is 0 Å². The molecule has 4 nitrogen and oxygen atoms in total. The first-order valence-electron chi connectivity index (χ1n) is 5.33. The minimum atomic E-state index is -0.928. The molecule has 0 aliphatic rings. The van der Waals surface area contributed by atoms with Gasteiger partial charge in [-0.15, -0.1) is 0 Å². The first-order chi connectivity index (χ1) is 8.97. The average Bonchev–Trinajstić information content (AvgIpc) is 2.38. The smallest absolute Gasteiger partial charge is 0.343 e. The molecule has 0 aliphatic heterocycles. The summed E-state index contributed by atoms with van der Waals surface area (Å²) in [6.07, 6.45) is 1.05. The van der Waals surface area contributed by atoms with Crippen molar-refractivity contribution in [1.82, 2.24) is 4.98 Å². The van der Waals surface area contributed by atoms with Gasteiger partial charge in [-0.1, -0.05) is 0 Å². The first kappa shape index (κ1) is 13.7. The van der Waals surface area contributed by atoms with Gasteiger partial charge in [0.25, 0.3) is 0 Å². The number of rotatable bonds is 2. The molecule has 1 aromatic carbocycles. The van der Waals surface area contributed by atoms with E-state index < -0.39 is 23.0 Å². The molecule has 0 aliphatic carbocycles. The van der Waals surface area contributed by atoms with Crippen LogP contribution in [0.3, 0.4) is 0 Å². The Morgan fingerprint density at radius 2 is 2.16 bits per heavy atom. The number of halogens is 3. The Morgan fingerprint density at radius 3 is 2.79 bits per heavy atom. The van der Waals surface area contributed by atoms with E-state index in [-0.39, 0.29) is 27.5 Å². The summed E-state index contributed by atoms with van der Waals surface area (Å²) in [5, 5.41) is -0.247. The van der Waals surface area contributed by atoms with Crippen molar-refractivity contribution in [3.63, 3.8) is 0 Å². The summed E-state index contributed by atoms with van der Waals surface area (Å²) in [5.41, 5.74) is -1.25. The van der Waals surface area contributed by atoms with E-state index >= 15 is 0 Å². The summed E-state index contributed by atoms with van der Waals surface area (Å²) < 4.78 is 31.5. The summed E-state index contributed by atoms with van der Waals surface area (Å²) in [7, 11) is 0. The molecule has 2 aromatic rings. The summed E-state index contributed by atoms with van der Waals surface area (Å²) >= 11 is 2.73. The molecular formula is C12H8BrF2NO3. The molecule has 0 bridgehead atoms. The highest BCUT2D eigenvalue weighted by Gasteiger charge is 2.18. The van der Waals surface area contributed by atoms with E-state index in [2.05, 4.69) is 25.7 Å². The van der Waals surface area contributed by atoms with Gasteiger partial charge in [0.2, 0.25) is 5.43 Å². The number of ether oxygens (including phenoxy) is 1. The largest absolute Gasteiger partial charge is 0.462 e. The lowest BCUT2D eigenvalue weighted by Gasteiger charge is -2.05. The quantitative estimate of drug-likeness (QED) is 0.680. The Hall–Kier alpha value is -1.76. The van der Waals surface area contributed by atoms with Crippen molar-refractivity contribution < 1.29 is 18.3 Å². The highest BCUT2D eigenvalue weighted by atomic mass is 79.9. The molecule has 100 valence electrons. The van der Waals surface area contributed by atoms with Gasteiger partial charge in [-0.05, 0) is 28.9 Å². The molecule has 0 fully saturated rings. The number of aromatic amines is 1. The van der Waals surface area contributed by atoms with Gasteiger partial charge in [0.05, 0.1) is 22.0 Å². The number of benzene rings is 1. The fourth-order valence-corrected chi connectivity index (χ4v) is 1.94. The van der Waals surface area contributed by atoms with Crippen LogP contribution in [0.2, 0.25) is 0 Å². The van der Waals surface area contributed by atoms with E-state index in [0.29, 0.717) is 0 Å². The fraction of sp³-hybridized carbons (Fsp3) is 0.167. The highest BCUT2D eigenvalue weighted by Crippen LogP contribution is 2.25. The summed E-state index contributed by atoms with van der Waals surface area (Å²) in [6, 6.07) is 0.865. The molecule has 2 rings (SSSR count). The summed E-state index contributed by atoms with van der Waals surface area (Å²) in [6.45, 7) is 1.68. The number of hydrogen-bond acceptors (Lipinski definition) is 3. The first-order valence-corrected chi connectivity index (χ1v) is 6.12. The van der Waals surface area contributed by atoms with Gasteiger partial charge < -0.3 is 9.72 Å². The molecule has 19 heavy (non-hydrogen) atoms. The molecule has 1 N–H and O–H groups in total. The second kappa shape index (κ2) is 5.08. The number of carbonyl (C=O) groups excluding carboxylic acids is 1. The molecule has 1 aromatic heterocycles. The lowest BCUT2D eigenvalue weighted by molar-refractivity contribution is 0.0524. The van der Waals surface area contributed by atoms with E-state index in [4.69, 9.17) is 0 Å². The molecule has 0 saturated carbocycles. The number of aromatic nitrogens is 1. The molecule has 7 heteroatoms. The predicted molar refractivity (Wildman–Crippen MR) is 68.1 cm³/mol. The minimum absolute atomic E-state index is 0.0966. The van der Waals surface area contributed by atoms with Gasteiger partial charge in [0.1, 0.15) is 11.4 Å². The van der Waals surface area contributed by atoms with Crippen LogP contribution in [-0.4, -0.2) is 17.6 Å². The van der Waals surface area contributed by atoms with Crippen LogP contribution >= 0.6 is 15.9 Å². The minimum Gasteiger partial charge on any atom is -0.462 e. The van der Waals surface area contributed by atoms with Crippen LogP contribution in [0.4, 0.5) is 8.78 Å². The number of carbonyl (C=O) groups is 1. The number of nitrogens with one attached hydrogen (secondary N) is 1. The van der Waals surface area contributed by atoms with Gasteiger partial charge in [-0.2, -0.15) is 0 Å². The lowest BCUT2D eigenvalue weighted by Crippen LogP contribution is -2.18. The number of H-pyrrole nitrogens is 1. The molecule has 0 unspecified atom stereocenters. The van der Waals surface area contributed by atoms with E-state index in [1.54, 1.807) is 6.92 Å². The zero-order valence-electron chi connectivity index (χ0n) is 9.72. The lowest BCUT2D eigenvalue weighted by atomic mass is 10.1. The molecular weight excluding hydrogens is 324 g/mol. The van der Waals surface area contributed by atoms with Crippen LogP contribution in [-0.2, 0) is 4.74 Å². The zero-order valence-corrected chi connectivity index (χ0v) is 11.3. The Labute approximate surface area is 114 Å². The van der Waals surface area contributed by atoms with Gasteiger partial charge in [0.15, 0.2) is 5.82 Å². The normalized spacial score (nSPS) is 10.7. The van der Waals surface area contributed by atoms with Crippen LogP contribution in [0.1, 0.15) is 17.3 Å². The molecule has 0 spiro atoms. The van der Waals surface area contributed by atoms with Gasteiger partial charge in [-0.25, -0.2) is 13.6 Å². The van der Waals surface area contributed by atoms with E-state index in [0.717, 1.165) is 12.3 Å². The van der Waals surface area contributed by atoms with Gasteiger partial charge in [-0.3, -0.25) is 4.79 Å². The SMILES string of the molecule is CCOC(=O)c1c[nH]c2c(F)c(Br)c(F)cc2c1=O. The van der Waals surface area contributed by atoms with Crippen LogP contribution in [0.15, 0.2) is 21.5 Å². The van der Waals surface area contributed by atoms with Crippen molar-refractivity contribution in [1.29, 1.82) is 0 Å². The molecule has 0 amide bonds. The fourth-order valence-electron chi connectivity index (χ4n) is 1.63. The van der Waals surface area contributed by atoms with E-state index in [1.165, 1.54) is 0 Å². The number of esters is 1. The monoisotopic (exact) mass is 331 g/mol. The standard InChI is InChI=1S/C12H8BrF2NO3/c1-2-19-12(18)6-4-16-10-5(11(6)17)3-7(14)8(13)9(10)15/h3-4H,2H2,1H3,(H,16,17). The number of fused-ring (bicyclic) bond motifs is 1. The molecule has 0 saturated heterocycles. The van der Waals surface area contributed by atoms with Gasteiger partial charge >= 0.3 is 5.97 Å². The number of pyridine rings is 1. The molecule has 0 radical (unpaired) electrons. The third-order valence-electron chi connectivity index (χ3n) is 2.51. The Balaban J connectivity index is 2.76. The van der Waals surface area contributed by atoms with Crippen LogP contribution in [0.25, 0.3) is 10.9 Å². The van der Waals surface area contributed by atoms with E-state index in [1.807, 2.05) is 0 Å². The van der Waals surface area contributed by atoms with Crippen LogP contribution in [0.5, 0.6) is 0 Å². The maximum atomic E-state index is 13.7. The zero-order chi connectivity index (χ0) is 14.2. The topological polar surface area (TPSA) is 59.2 Å². The Morgan fingerprint density at radius 1 is 1.47 bits per heavy atom. The Bertz CT molecular complexity index is 727. The van der Waals surface area contributed by atoms with Crippen molar-refractivity contribution >= 4 is 32.8 Å². The van der Waals surface area contributed by atoms with Crippen molar-refractivity contribution in [2.45, 2.75) is 6.92 Å². The van der Waals surface area contributed by atoms with Crippen LogP contribution < -0.4 is 5.43 Å². The van der Waals surface area contributed by atoms with Crippen molar-refractivity contribution in [3.05, 3.63) is 44.2 Å². The molecule has 1 heterocycles. The third-order valence-corrected chi connectivity index (χ3v) is 3.23. The maximum absolute atomic E-state index is 13.7. The highest BCUT2D eigenvalue weighted by molar-refractivity contribution is 9.10.